The lowest BCUT2D eigenvalue weighted by Crippen LogP contribution is -2.25. The fraction of sp³-hybridized carbons (Fsp3) is 0.375. The van der Waals surface area contributed by atoms with Gasteiger partial charge in [0.15, 0.2) is 0 Å². The molecule has 19 heavy (non-hydrogen) atoms. The largest absolute Gasteiger partial charge is 0.497 e. The second kappa shape index (κ2) is 7.00. The van der Waals surface area contributed by atoms with Gasteiger partial charge in [-0.25, -0.2) is 0 Å². The predicted molar refractivity (Wildman–Crippen MR) is 76.3 cm³/mol. The van der Waals surface area contributed by atoms with Crippen LogP contribution in [0.15, 0.2) is 47.1 Å². The van der Waals surface area contributed by atoms with E-state index in [1.165, 1.54) is 5.56 Å². The number of benzene rings is 1. The van der Waals surface area contributed by atoms with E-state index in [1.807, 2.05) is 24.3 Å². The molecule has 0 aliphatic carbocycles. The quantitative estimate of drug-likeness (QED) is 0.827. The minimum atomic E-state index is 0.465. The summed E-state index contributed by atoms with van der Waals surface area (Å²) in [7, 11) is 1.68. The summed E-state index contributed by atoms with van der Waals surface area (Å²) in [5.41, 5.74) is 1.27. The summed E-state index contributed by atoms with van der Waals surface area (Å²) in [5.74, 6) is 1.95. The number of methoxy groups -OCH3 is 1. The van der Waals surface area contributed by atoms with Gasteiger partial charge in [0.2, 0.25) is 0 Å². The number of nitrogens with one attached hydrogen (secondary N) is 1. The van der Waals surface area contributed by atoms with Gasteiger partial charge in [0, 0.05) is 19.0 Å². The maximum Gasteiger partial charge on any atom is 0.118 e. The highest BCUT2D eigenvalue weighted by molar-refractivity contribution is 5.27. The molecule has 1 unspecified atom stereocenters. The van der Waals surface area contributed by atoms with E-state index < -0.39 is 0 Å². The highest BCUT2D eigenvalue weighted by Gasteiger charge is 2.04. The fourth-order valence-electron chi connectivity index (χ4n) is 1.95. The smallest absolute Gasteiger partial charge is 0.118 e. The molecule has 0 aliphatic heterocycles. The zero-order valence-corrected chi connectivity index (χ0v) is 11.6. The zero-order chi connectivity index (χ0) is 13.5. The van der Waals surface area contributed by atoms with Crippen LogP contribution in [0.2, 0.25) is 0 Å². The first-order valence-corrected chi connectivity index (χ1v) is 6.66. The van der Waals surface area contributed by atoms with Crippen molar-refractivity contribution in [2.75, 3.05) is 7.11 Å². The third-order valence-electron chi connectivity index (χ3n) is 3.22. The Morgan fingerprint density at radius 3 is 2.63 bits per heavy atom. The highest BCUT2D eigenvalue weighted by Crippen LogP contribution is 2.11. The summed E-state index contributed by atoms with van der Waals surface area (Å²) in [6.07, 6.45) is 3.78. The van der Waals surface area contributed by atoms with E-state index in [-0.39, 0.29) is 0 Å². The first kappa shape index (κ1) is 13.7. The molecule has 0 aliphatic rings. The van der Waals surface area contributed by atoms with Crippen molar-refractivity contribution in [3.05, 3.63) is 54.0 Å². The van der Waals surface area contributed by atoms with E-state index in [9.17, 15) is 0 Å². The molecule has 0 radical (unpaired) electrons. The fourth-order valence-corrected chi connectivity index (χ4v) is 1.95. The van der Waals surface area contributed by atoms with Gasteiger partial charge in [-0.1, -0.05) is 12.1 Å². The molecule has 1 aromatic heterocycles. The Balaban J connectivity index is 1.71. The minimum Gasteiger partial charge on any atom is -0.497 e. The molecular formula is C16H21NO2. The molecular weight excluding hydrogens is 238 g/mol. The van der Waals surface area contributed by atoms with Crippen molar-refractivity contribution >= 4 is 0 Å². The number of ether oxygens (including phenoxy) is 1. The summed E-state index contributed by atoms with van der Waals surface area (Å²) in [5, 5.41) is 3.52. The summed E-state index contributed by atoms with van der Waals surface area (Å²) in [6.45, 7) is 3.08. The lowest BCUT2D eigenvalue weighted by Gasteiger charge is -2.13. The molecule has 0 bridgehead atoms. The molecule has 1 heterocycles. The van der Waals surface area contributed by atoms with Crippen LogP contribution >= 0.6 is 0 Å². The lowest BCUT2D eigenvalue weighted by molar-refractivity contribution is 0.414. The van der Waals surface area contributed by atoms with Gasteiger partial charge < -0.3 is 14.5 Å². The Labute approximate surface area is 114 Å². The van der Waals surface area contributed by atoms with Crippen molar-refractivity contribution in [3.63, 3.8) is 0 Å². The Kier molecular flexibility index (Phi) is 5.04. The average molecular weight is 259 g/mol. The predicted octanol–water partition coefficient (Wildman–Crippen LogP) is 3.40. The minimum absolute atomic E-state index is 0.465. The molecule has 3 heteroatoms. The van der Waals surface area contributed by atoms with Gasteiger partial charge in [-0.15, -0.1) is 0 Å². The number of hydrogen-bond acceptors (Lipinski definition) is 3. The molecule has 1 atom stereocenters. The molecule has 0 fully saturated rings. The second-order valence-electron chi connectivity index (χ2n) is 4.75. The van der Waals surface area contributed by atoms with E-state index in [0.29, 0.717) is 6.04 Å². The van der Waals surface area contributed by atoms with Crippen LogP contribution in [0.3, 0.4) is 0 Å². The Bertz CT molecular complexity index is 462. The normalized spacial score (nSPS) is 12.3. The van der Waals surface area contributed by atoms with Crippen molar-refractivity contribution in [1.29, 1.82) is 0 Å². The standard InChI is InChI=1S/C16H21NO2/c1-13(5-8-16-4-3-11-19-16)17-12-14-6-9-15(18-2)10-7-14/h3-4,6-7,9-11,13,17H,5,8,12H2,1-2H3. The monoisotopic (exact) mass is 259 g/mol. The van der Waals surface area contributed by atoms with Crippen molar-refractivity contribution in [2.24, 2.45) is 0 Å². The molecule has 0 spiro atoms. The first-order valence-electron chi connectivity index (χ1n) is 6.66. The van der Waals surface area contributed by atoms with E-state index >= 15 is 0 Å². The van der Waals surface area contributed by atoms with Crippen LogP contribution in [0.25, 0.3) is 0 Å². The molecule has 1 aromatic carbocycles. The molecule has 0 saturated carbocycles. The molecule has 0 amide bonds. The van der Waals surface area contributed by atoms with Crippen LogP contribution in [-0.2, 0) is 13.0 Å². The van der Waals surface area contributed by atoms with Crippen LogP contribution < -0.4 is 10.1 Å². The summed E-state index contributed by atoms with van der Waals surface area (Å²) >= 11 is 0. The third kappa shape index (κ3) is 4.45. The van der Waals surface area contributed by atoms with Crippen LogP contribution in [0, 0.1) is 0 Å². The summed E-state index contributed by atoms with van der Waals surface area (Å²) in [4.78, 5) is 0. The third-order valence-corrected chi connectivity index (χ3v) is 3.22. The molecule has 2 aromatic rings. The second-order valence-corrected chi connectivity index (χ2v) is 4.75. The summed E-state index contributed by atoms with van der Waals surface area (Å²) < 4.78 is 10.5. The van der Waals surface area contributed by atoms with Crippen LogP contribution in [0.1, 0.15) is 24.7 Å². The van der Waals surface area contributed by atoms with Gasteiger partial charge in [0.05, 0.1) is 13.4 Å². The Hall–Kier alpha value is -1.74. The lowest BCUT2D eigenvalue weighted by atomic mass is 10.1. The molecule has 2 rings (SSSR count). The summed E-state index contributed by atoms with van der Waals surface area (Å²) in [6, 6.07) is 12.6. The highest BCUT2D eigenvalue weighted by atomic mass is 16.5. The van der Waals surface area contributed by atoms with Crippen molar-refractivity contribution < 1.29 is 9.15 Å². The molecule has 102 valence electrons. The number of rotatable bonds is 7. The maximum atomic E-state index is 5.33. The van der Waals surface area contributed by atoms with Crippen molar-refractivity contribution in [3.8, 4) is 5.75 Å². The van der Waals surface area contributed by atoms with Gasteiger partial charge >= 0.3 is 0 Å². The SMILES string of the molecule is COc1ccc(CNC(C)CCc2ccco2)cc1. The number of furan rings is 1. The van der Waals surface area contributed by atoms with E-state index in [1.54, 1.807) is 13.4 Å². The van der Waals surface area contributed by atoms with Gasteiger partial charge in [0.1, 0.15) is 11.5 Å². The zero-order valence-electron chi connectivity index (χ0n) is 11.6. The number of aryl methyl sites for hydroxylation is 1. The van der Waals surface area contributed by atoms with E-state index in [0.717, 1.165) is 30.9 Å². The average Bonchev–Trinajstić information content (AvgIpc) is 2.96. The van der Waals surface area contributed by atoms with Crippen LogP contribution in [-0.4, -0.2) is 13.2 Å². The van der Waals surface area contributed by atoms with Crippen LogP contribution in [0.5, 0.6) is 5.75 Å². The van der Waals surface area contributed by atoms with Gasteiger partial charge in [-0.2, -0.15) is 0 Å². The van der Waals surface area contributed by atoms with Crippen molar-refractivity contribution in [1.82, 2.24) is 5.32 Å². The molecule has 0 saturated heterocycles. The maximum absolute atomic E-state index is 5.33. The van der Waals surface area contributed by atoms with Gasteiger partial charge in [-0.05, 0) is 43.2 Å². The van der Waals surface area contributed by atoms with Crippen molar-refractivity contribution in [2.45, 2.75) is 32.4 Å². The number of hydrogen-bond donors (Lipinski definition) is 1. The Morgan fingerprint density at radius 1 is 1.21 bits per heavy atom. The van der Waals surface area contributed by atoms with E-state index in [4.69, 9.17) is 9.15 Å². The van der Waals surface area contributed by atoms with Gasteiger partial charge in [0.25, 0.3) is 0 Å². The first-order chi connectivity index (χ1) is 9.28. The molecule has 1 N–H and O–H groups in total. The van der Waals surface area contributed by atoms with E-state index in [2.05, 4.69) is 24.4 Å². The Morgan fingerprint density at radius 2 is 2.00 bits per heavy atom. The van der Waals surface area contributed by atoms with Crippen LogP contribution in [0.4, 0.5) is 0 Å². The van der Waals surface area contributed by atoms with Gasteiger partial charge in [-0.3, -0.25) is 0 Å². The molecule has 3 nitrogen and oxygen atoms in total. The topological polar surface area (TPSA) is 34.4 Å².